The molecule has 5 aliphatic carbocycles. The van der Waals surface area contributed by atoms with Crippen LogP contribution in [0.3, 0.4) is 0 Å². The van der Waals surface area contributed by atoms with Crippen molar-refractivity contribution in [2.24, 2.45) is 56.2 Å². The highest BCUT2D eigenvalue weighted by Gasteiger charge is 2.71. The molecule has 9 nitrogen and oxygen atoms in total. The summed E-state index contributed by atoms with van der Waals surface area (Å²) in [4.78, 5) is 57.4. The van der Waals surface area contributed by atoms with Crippen molar-refractivity contribution in [2.75, 3.05) is 33.7 Å². The fourth-order valence-corrected chi connectivity index (χ4v) is 14.3. The van der Waals surface area contributed by atoms with Gasteiger partial charge in [0.2, 0.25) is 0 Å². The number of fused-ring (bicyclic) bond motifs is 7. The monoisotopic (exact) mass is 851 g/mol. The van der Waals surface area contributed by atoms with E-state index in [0.717, 1.165) is 75.6 Å². The van der Waals surface area contributed by atoms with E-state index >= 15 is 0 Å². The summed E-state index contributed by atoms with van der Waals surface area (Å²) in [7, 11) is 4.15. The van der Waals surface area contributed by atoms with Crippen LogP contribution in [-0.4, -0.2) is 84.5 Å². The summed E-state index contributed by atoms with van der Waals surface area (Å²) in [6.45, 7) is 24.0. The van der Waals surface area contributed by atoms with Gasteiger partial charge in [-0.1, -0.05) is 72.2 Å². The largest absolute Gasteiger partial charge is 0.481 e. The molecule has 0 bridgehead atoms. The van der Waals surface area contributed by atoms with E-state index in [4.69, 9.17) is 21.1 Å². The molecule has 1 aromatic rings. The first-order valence-electron chi connectivity index (χ1n) is 22.8. The highest BCUT2D eigenvalue weighted by Crippen LogP contribution is 2.77. The van der Waals surface area contributed by atoms with Crippen LogP contribution in [0, 0.1) is 56.2 Å². The third kappa shape index (κ3) is 8.15. The number of carbonyl (C=O) groups is 4. The second-order valence-corrected chi connectivity index (χ2v) is 22.8. The van der Waals surface area contributed by atoms with Gasteiger partial charge < -0.3 is 19.5 Å². The third-order valence-corrected chi connectivity index (χ3v) is 17.6. The van der Waals surface area contributed by atoms with E-state index in [1.165, 1.54) is 12.5 Å². The number of rotatable bonds is 14. The predicted octanol–water partition coefficient (Wildman–Crippen LogP) is 10.0. The summed E-state index contributed by atoms with van der Waals surface area (Å²) < 4.78 is 12.7. The number of carboxylic acids is 1. The van der Waals surface area contributed by atoms with Gasteiger partial charge in [-0.3, -0.25) is 24.1 Å². The number of ketones is 1. The average Bonchev–Trinajstić information content (AvgIpc) is 3.44. The SMILES string of the molecule is CC(=O)O[C@H](CN(CCN(C)C)Cc1cccc(Cl)c1)[C@@]12CC[C@]3(C)[C@H](CC[C@@H]4[C@@]5(C)CC[C@H](OC(=O)CC(C)(C)C(=O)O)C(C)(C)[C@@H]5CC[C@]43C)C1=C(C(C)C)C(=O)C2. The summed E-state index contributed by atoms with van der Waals surface area (Å²) in [6, 6.07) is 7.98. The molecule has 6 rings (SSSR count). The van der Waals surface area contributed by atoms with Crippen molar-refractivity contribution in [2.45, 2.75) is 152 Å². The van der Waals surface area contributed by atoms with Crippen LogP contribution in [0.5, 0.6) is 0 Å². The molecular weight excluding hydrogens is 776 g/mol. The maximum atomic E-state index is 14.6. The first kappa shape index (κ1) is 46.7. The van der Waals surface area contributed by atoms with Crippen molar-refractivity contribution in [3.8, 4) is 0 Å². The summed E-state index contributed by atoms with van der Waals surface area (Å²) >= 11 is 6.46. The van der Waals surface area contributed by atoms with Crippen LogP contribution in [0.4, 0.5) is 0 Å². The Balaban J connectivity index is 1.34. The molecule has 0 aliphatic heterocycles. The Morgan fingerprint density at radius 1 is 0.933 bits per heavy atom. The molecule has 0 spiro atoms. The maximum Gasteiger partial charge on any atom is 0.309 e. The van der Waals surface area contributed by atoms with Crippen molar-refractivity contribution < 1.29 is 33.8 Å². The molecule has 5 aliphatic rings. The Hall–Kier alpha value is -2.75. The predicted molar refractivity (Wildman–Crippen MR) is 236 cm³/mol. The number of benzene rings is 1. The third-order valence-electron chi connectivity index (χ3n) is 17.4. The van der Waals surface area contributed by atoms with E-state index in [1.807, 2.05) is 18.2 Å². The fourth-order valence-electron chi connectivity index (χ4n) is 14.1. The van der Waals surface area contributed by atoms with Crippen molar-refractivity contribution in [3.63, 3.8) is 0 Å². The second-order valence-electron chi connectivity index (χ2n) is 22.3. The number of likely N-dealkylation sites (N-methyl/N-ethyl adjacent to an activating group) is 1. The van der Waals surface area contributed by atoms with Gasteiger partial charge in [0.05, 0.1) is 11.8 Å². The van der Waals surface area contributed by atoms with Gasteiger partial charge in [-0.25, -0.2) is 0 Å². The Morgan fingerprint density at radius 2 is 1.63 bits per heavy atom. The number of aliphatic carboxylic acids is 1. The lowest BCUT2D eigenvalue weighted by atomic mass is 9.33. The average molecular weight is 852 g/mol. The van der Waals surface area contributed by atoms with Crippen LogP contribution in [0.15, 0.2) is 35.4 Å². The minimum Gasteiger partial charge on any atom is -0.481 e. The highest BCUT2D eigenvalue weighted by atomic mass is 35.5. The summed E-state index contributed by atoms with van der Waals surface area (Å²) in [6.07, 6.45) is 7.08. The maximum absolute atomic E-state index is 14.6. The molecule has 4 saturated carbocycles. The van der Waals surface area contributed by atoms with Gasteiger partial charge in [0.15, 0.2) is 5.78 Å². The number of esters is 2. The number of halogens is 1. The number of carbonyl (C=O) groups excluding carboxylic acids is 3. The van der Waals surface area contributed by atoms with Crippen LogP contribution >= 0.6 is 11.6 Å². The molecule has 0 unspecified atom stereocenters. The lowest BCUT2D eigenvalue weighted by molar-refractivity contribution is -0.235. The van der Waals surface area contributed by atoms with Gasteiger partial charge in [0.1, 0.15) is 12.2 Å². The van der Waals surface area contributed by atoms with Crippen LogP contribution in [0.1, 0.15) is 139 Å². The first-order valence-corrected chi connectivity index (χ1v) is 23.2. The molecule has 1 aromatic carbocycles. The topological polar surface area (TPSA) is 113 Å². The Bertz CT molecular complexity index is 1870. The number of carboxylic acid groups (broad SMARTS) is 1. The van der Waals surface area contributed by atoms with Crippen molar-refractivity contribution in [1.82, 2.24) is 9.80 Å². The minimum absolute atomic E-state index is 0.000408. The molecule has 4 fully saturated rings. The number of hydrogen-bond acceptors (Lipinski definition) is 8. The lowest BCUT2D eigenvalue weighted by Gasteiger charge is -2.72. The molecule has 9 atom stereocenters. The van der Waals surface area contributed by atoms with E-state index < -0.39 is 28.9 Å². The fraction of sp³-hybridized carbons (Fsp3) is 0.760. The van der Waals surface area contributed by atoms with E-state index in [9.17, 15) is 24.3 Å². The van der Waals surface area contributed by atoms with Crippen molar-refractivity contribution in [1.29, 1.82) is 0 Å². The molecule has 0 heterocycles. The standard InChI is InChI=1S/C50H75ClN2O7/c1-31(2)42-36(55)27-50(40(59-32(3)54)30-53(25-24-52(11)12)29-33-14-13-15-34(51)26-33)23-22-48(9)35(43(42)50)16-17-38-47(8)20-19-39(60-41(56)28-45(4,5)44(57)58)46(6,7)37(47)18-21-49(38,48)10/h13-15,26,31,35,37-40H,16-25,27-30H2,1-12H3,(H,57,58)/t35-,37+,38-,39+,40-,47+,48-,49-,50+/m1/s1. The van der Waals surface area contributed by atoms with Crippen molar-refractivity contribution >= 4 is 35.3 Å². The Morgan fingerprint density at radius 3 is 2.25 bits per heavy atom. The molecule has 1 N–H and O–H groups in total. The number of Topliss-reactive ketones (excluding diaryl/α,β-unsaturated/α-hetero) is 1. The lowest BCUT2D eigenvalue weighted by Crippen LogP contribution is -2.66. The molecular formula is C50H75ClN2O7. The normalized spacial score (nSPS) is 34.2. The molecule has 10 heteroatoms. The summed E-state index contributed by atoms with van der Waals surface area (Å²) in [5, 5.41) is 10.4. The smallest absolute Gasteiger partial charge is 0.309 e. The number of ether oxygens (including phenoxy) is 2. The zero-order valence-electron chi connectivity index (χ0n) is 38.8. The van der Waals surface area contributed by atoms with Crippen molar-refractivity contribution in [3.05, 3.63) is 46.0 Å². The van der Waals surface area contributed by atoms with Crippen LogP contribution in [0.25, 0.3) is 0 Å². The molecule has 60 heavy (non-hydrogen) atoms. The quantitative estimate of drug-likeness (QED) is 0.183. The molecule has 0 saturated heterocycles. The zero-order valence-corrected chi connectivity index (χ0v) is 39.6. The second kappa shape index (κ2) is 16.7. The van der Waals surface area contributed by atoms with E-state index in [1.54, 1.807) is 13.8 Å². The first-order chi connectivity index (χ1) is 27.8. The molecule has 0 amide bonds. The van der Waals surface area contributed by atoms with Gasteiger partial charge in [-0.2, -0.15) is 0 Å². The minimum atomic E-state index is -1.18. The number of nitrogens with zero attached hydrogens (tertiary/aromatic N) is 2. The van der Waals surface area contributed by atoms with Crippen LogP contribution in [0.2, 0.25) is 5.02 Å². The van der Waals surface area contributed by atoms with Gasteiger partial charge in [-0.15, -0.1) is 0 Å². The summed E-state index contributed by atoms with van der Waals surface area (Å²) in [5.41, 5.74) is 1.30. The van der Waals surface area contributed by atoms with Gasteiger partial charge in [0.25, 0.3) is 0 Å². The Kier molecular flexibility index (Phi) is 13.0. The van der Waals surface area contributed by atoms with Gasteiger partial charge in [0, 0.05) is 55.4 Å². The van der Waals surface area contributed by atoms with Crippen LogP contribution in [-0.2, 0) is 35.2 Å². The highest BCUT2D eigenvalue weighted by molar-refractivity contribution is 6.30. The number of hydrogen-bond donors (Lipinski definition) is 1. The molecule has 334 valence electrons. The van der Waals surface area contributed by atoms with Gasteiger partial charge >= 0.3 is 17.9 Å². The zero-order chi connectivity index (χ0) is 44.4. The van der Waals surface area contributed by atoms with E-state index in [0.29, 0.717) is 36.4 Å². The van der Waals surface area contributed by atoms with Crippen LogP contribution < -0.4 is 0 Å². The van der Waals surface area contributed by atoms with E-state index in [-0.39, 0.29) is 57.8 Å². The summed E-state index contributed by atoms with van der Waals surface area (Å²) in [5.74, 6) is -0.472. The van der Waals surface area contributed by atoms with Gasteiger partial charge in [-0.05, 0) is 148 Å². The number of allylic oxidation sites excluding steroid dienone is 1. The van der Waals surface area contributed by atoms with E-state index in [2.05, 4.69) is 78.4 Å². The molecule has 0 radical (unpaired) electrons. The molecule has 0 aromatic heterocycles. The Labute approximate surface area is 365 Å².